The maximum atomic E-state index is 13.3. The molecule has 0 saturated carbocycles. The number of sulfonamides is 1. The van der Waals surface area contributed by atoms with Crippen LogP contribution in [0, 0.1) is 19.7 Å². The van der Waals surface area contributed by atoms with Crippen LogP contribution in [0.25, 0.3) is 10.9 Å². The zero-order chi connectivity index (χ0) is 23.6. The zero-order valence-corrected chi connectivity index (χ0v) is 19.1. The molecule has 0 saturated heterocycles. The topological polar surface area (TPSA) is 91.1 Å². The van der Waals surface area contributed by atoms with Gasteiger partial charge in [0, 0.05) is 35.2 Å². The standard InChI is InChI=1S/C25H24FN3O3S/c1-16-17(2)29-24-10-9-20(13-23(16)24)25(30)27-14-19-6-4-8-22(12-19)33(31,32)28-15-18-5-3-7-21(26)11-18/h3-13,28-29H,14-15H2,1-2H3,(H,27,30). The summed E-state index contributed by atoms with van der Waals surface area (Å²) in [4.78, 5) is 16.0. The summed E-state index contributed by atoms with van der Waals surface area (Å²) >= 11 is 0. The molecule has 0 bridgehead atoms. The molecule has 1 aromatic heterocycles. The number of fused-ring (bicyclic) bond motifs is 1. The van der Waals surface area contributed by atoms with Gasteiger partial charge in [-0.1, -0.05) is 24.3 Å². The largest absolute Gasteiger partial charge is 0.358 e. The molecule has 170 valence electrons. The van der Waals surface area contributed by atoms with E-state index in [2.05, 4.69) is 15.0 Å². The number of amides is 1. The summed E-state index contributed by atoms with van der Waals surface area (Å²) < 4.78 is 41.1. The smallest absolute Gasteiger partial charge is 0.251 e. The van der Waals surface area contributed by atoms with E-state index < -0.39 is 15.8 Å². The number of hydrogen-bond acceptors (Lipinski definition) is 3. The van der Waals surface area contributed by atoms with Crippen LogP contribution in [0.4, 0.5) is 4.39 Å². The fourth-order valence-electron chi connectivity index (χ4n) is 3.62. The number of aromatic amines is 1. The van der Waals surface area contributed by atoms with Gasteiger partial charge in [0.1, 0.15) is 5.82 Å². The average Bonchev–Trinajstić information content (AvgIpc) is 3.09. The molecule has 4 rings (SSSR count). The first-order valence-corrected chi connectivity index (χ1v) is 11.9. The molecule has 1 heterocycles. The molecule has 3 aromatic carbocycles. The number of aryl methyl sites for hydroxylation is 2. The first kappa shape index (κ1) is 22.7. The van der Waals surface area contributed by atoms with Gasteiger partial charge in [0.2, 0.25) is 10.0 Å². The Labute approximate surface area is 191 Å². The molecular formula is C25H24FN3O3S. The van der Waals surface area contributed by atoms with E-state index in [0.717, 1.165) is 22.2 Å². The van der Waals surface area contributed by atoms with Gasteiger partial charge >= 0.3 is 0 Å². The minimum absolute atomic E-state index is 0.0262. The molecule has 0 aliphatic heterocycles. The summed E-state index contributed by atoms with van der Waals surface area (Å²) in [7, 11) is -3.80. The molecule has 0 unspecified atom stereocenters. The maximum absolute atomic E-state index is 13.3. The Morgan fingerprint density at radius 3 is 2.42 bits per heavy atom. The van der Waals surface area contributed by atoms with Crippen LogP contribution in [0.2, 0.25) is 0 Å². The van der Waals surface area contributed by atoms with Crippen LogP contribution in [-0.2, 0) is 23.1 Å². The minimum Gasteiger partial charge on any atom is -0.358 e. The Morgan fingerprint density at radius 1 is 0.939 bits per heavy atom. The van der Waals surface area contributed by atoms with E-state index in [4.69, 9.17) is 0 Å². The van der Waals surface area contributed by atoms with Gasteiger partial charge in [-0.3, -0.25) is 4.79 Å². The number of nitrogens with one attached hydrogen (secondary N) is 3. The molecule has 0 aliphatic carbocycles. The third-order valence-electron chi connectivity index (χ3n) is 5.59. The summed E-state index contributed by atoms with van der Waals surface area (Å²) in [5, 5.41) is 3.84. The average molecular weight is 466 g/mol. The molecule has 6 nitrogen and oxygen atoms in total. The molecular weight excluding hydrogens is 441 g/mol. The lowest BCUT2D eigenvalue weighted by molar-refractivity contribution is 0.0951. The number of halogens is 1. The number of carbonyl (C=O) groups is 1. The van der Waals surface area contributed by atoms with Gasteiger partial charge in [-0.15, -0.1) is 0 Å². The van der Waals surface area contributed by atoms with Gasteiger partial charge in [-0.05, 0) is 73.0 Å². The predicted molar refractivity (Wildman–Crippen MR) is 126 cm³/mol. The third kappa shape index (κ3) is 5.13. The van der Waals surface area contributed by atoms with Gasteiger partial charge in [-0.25, -0.2) is 17.5 Å². The van der Waals surface area contributed by atoms with E-state index >= 15 is 0 Å². The third-order valence-corrected chi connectivity index (χ3v) is 6.99. The van der Waals surface area contributed by atoms with Crippen molar-refractivity contribution in [3.8, 4) is 0 Å². The van der Waals surface area contributed by atoms with Crippen LogP contribution in [0.15, 0.2) is 71.6 Å². The summed E-state index contributed by atoms with van der Waals surface area (Å²) in [6, 6.07) is 17.6. The first-order valence-electron chi connectivity index (χ1n) is 10.4. The quantitative estimate of drug-likeness (QED) is 0.379. The lowest BCUT2D eigenvalue weighted by atomic mass is 10.1. The Morgan fingerprint density at radius 2 is 1.67 bits per heavy atom. The monoisotopic (exact) mass is 465 g/mol. The second kappa shape index (κ2) is 9.17. The minimum atomic E-state index is -3.80. The van der Waals surface area contributed by atoms with Crippen molar-refractivity contribution in [1.29, 1.82) is 0 Å². The van der Waals surface area contributed by atoms with Crippen LogP contribution in [-0.4, -0.2) is 19.3 Å². The molecule has 3 N–H and O–H groups in total. The van der Waals surface area contributed by atoms with Crippen molar-refractivity contribution in [3.63, 3.8) is 0 Å². The van der Waals surface area contributed by atoms with Crippen LogP contribution in [0.3, 0.4) is 0 Å². The van der Waals surface area contributed by atoms with E-state index in [-0.39, 0.29) is 23.9 Å². The molecule has 1 amide bonds. The Kier molecular flexibility index (Phi) is 6.31. The zero-order valence-electron chi connectivity index (χ0n) is 18.3. The Balaban J connectivity index is 1.43. The van der Waals surface area contributed by atoms with Crippen molar-refractivity contribution < 1.29 is 17.6 Å². The van der Waals surface area contributed by atoms with Crippen molar-refractivity contribution in [2.75, 3.05) is 0 Å². The molecule has 0 spiro atoms. The van der Waals surface area contributed by atoms with Crippen LogP contribution < -0.4 is 10.0 Å². The number of H-pyrrole nitrogens is 1. The van der Waals surface area contributed by atoms with Crippen molar-refractivity contribution in [2.45, 2.75) is 31.8 Å². The molecule has 0 aliphatic rings. The lowest BCUT2D eigenvalue weighted by Gasteiger charge is -2.10. The highest BCUT2D eigenvalue weighted by Crippen LogP contribution is 2.22. The highest BCUT2D eigenvalue weighted by Gasteiger charge is 2.15. The first-order chi connectivity index (χ1) is 15.7. The van der Waals surface area contributed by atoms with Crippen molar-refractivity contribution in [3.05, 3.63) is 100 Å². The molecule has 0 radical (unpaired) electrons. The molecule has 8 heteroatoms. The van der Waals surface area contributed by atoms with Crippen LogP contribution in [0.1, 0.15) is 32.7 Å². The SMILES string of the molecule is Cc1[nH]c2ccc(C(=O)NCc3cccc(S(=O)(=O)NCc4cccc(F)c4)c3)cc2c1C. The maximum Gasteiger partial charge on any atom is 0.251 e. The van der Waals surface area contributed by atoms with E-state index in [1.807, 2.05) is 26.0 Å². The normalized spacial score (nSPS) is 11.6. The van der Waals surface area contributed by atoms with Gasteiger partial charge in [0.25, 0.3) is 5.91 Å². The van der Waals surface area contributed by atoms with E-state index in [9.17, 15) is 17.6 Å². The number of rotatable bonds is 7. The number of aromatic nitrogens is 1. The number of hydrogen-bond donors (Lipinski definition) is 3. The van der Waals surface area contributed by atoms with Crippen LogP contribution in [0.5, 0.6) is 0 Å². The van der Waals surface area contributed by atoms with Crippen LogP contribution >= 0.6 is 0 Å². The van der Waals surface area contributed by atoms with Crippen molar-refractivity contribution in [1.82, 2.24) is 15.0 Å². The fraction of sp³-hybridized carbons (Fsp3) is 0.160. The molecule has 33 heavy (non-hydrogen) atoms. The summed E-state index contributed by atoms with van der Waals surface area (Å²) in [6.45, 7) is 4.14. The Bertz CT molecular complexity index is 1440. The van der Waals surface area contributed by atoms with Gasteiger partial charge in [-0.2, -0.15) is 0 Å². The summed E-state index contributed by atoms with van der Waals surface area (Å²) in [6.07, 6.45) is 0. The molecule has 0 atom stereocenters. The number of benzene rings is 3. The second-order valence-corrected chi connectivity index (χ2v) is 9.69. The molecule has 0 fully saturated rings. The van der Waals surface area contributed by atoms with Gasteiger partial charge in [0.05, 0.1) is 4.90 Å². The Hall–Kier alpha value is -3.49. The highest BCUT2D eigenvalue weighted by atomic mass is 32.2. The summed E-state index contributed by atoms with van der Waals surface area (Å²) in [5.74, 6) is -0.668. The van der Waals surface area contributed by atoms with E-state index in [1.54, 1.807) is 24.3 Å². The molecule has 4 aromatic rings. The fourth-order valence-corrected chi connectivity index (χ4v) is 4.71. The van der Waals surface area contributed by atoms with Gasteiger partial charge in [0.15, 0.2) is 0 Å². The van der Waals surface area contributed by atoms with Gasteiger partial charge < -0.3 is 10.3 Å². The predicted octanol–water partition coefficient (Wildman–Crippen LogP) is 4.33. The summed E-state index contributed by atoms with van der Waals surface area (Å²) in [5.41, 5.74) is 4.84. The van der Waals surface area contributed by atoms with Crippen molar-refractivity contribution in [2.24, 2.45) is 0 Å². The number of carbonyl (C=O) groups excluding carboxylic acids is 1. The second-order valence-electron chi connectivity index (χ2n) is 7.92. The lowest BCUT2D eigenvalue weighted by Crippen LogP contribution is -2.24. The van der Waals surface area contributed by atoms with E-state index in [0.29, 0.717) is 16.7 Å². The van der Waals surface area contributed by atoms with E-state index in [1.165, 1.54) is 30.3 Å². The van der Waals surface area contributed by atoms with Crippen molar-refractivity contribution >= 4 is 26.8 Å². The highest BCUT2D eigenvalue weighted by molar-refractivity contribution is 7.89.